The summed E-state index contributed by atoms with van der Waals surface area (Å²) in [5, 5.41) is 0.815. The first kappa shape index (κ1) is 25.6. The SMILES string of the molecule is CC(C)Cc1ccc2ncccc2c1NS(=O)(=O)c1ccc(CCCO[C@@H]2CCCN(C)C2)cc1. The molecule has 3 aromatic rings. The predicted octanol–water partition coefficient (Wildman–Crippen LogP) is 5.28. The average molecular weight is 496 g/mol. The van der Waals surface area contributed by atoms with Crippen molar-refractivity contribution in [1.82, 2.24) is 9.88 Å². The molecule has 1 atom stereocenters. The monoisotopic (exact) mass is 495 g/mol. The topological polar surface area (TPSA) is 71.5 Å². The number of hydrogen-bond acceptors (Lipinski definition) is 5. The van der Waals surface area contributed by atoms with Crippen LogP contribution < -0.4 is 4.72 Å². The highest BCUT2D eigenvalue weighted by molar-refractivity contribution is 7.92. The lowest BCUT2D eigenvalue weighted by Crippen LogP contribution is -2.37. The molecule has 7 heteroatoms. The fraction of sp³-hybridized carbons (Fsp3) is 0.464. The van der Waals surface area contributed by atoms with Gasteiger partial charge in [-0.15, -0.1) is 0 Å². The van der Waals surface area contributed by atoms with Crippen LogP contribution in [0.5, 0.6) is 0 Å². The first-order valence-electron chi connectivity index (χ1n) is 12.6. The molecule has 188 valence electrons. The fourth-order valence-corrected chi connectivity index (χ4v) is 5.86. The summed E-state index contributed by atoms with van der Waals surface area (Å²) in [6, 6.07) is 14.9. The smallest absolute Gasteiger partial charge is 0.261 e. The minimum Gasteiger partial charge on any atom is -0.377 e. The van der Waals surface area contributed by atoms with Crippen LogP contribution in [0.4, 0.5) is 5.69 Å². The normalized spacial score (nSPS) is 17.2. The summed E-state index contributed by atoms with van der Waals surface area (Å²) >= 11 is 0. The maximum Gasteiger partial charge on any atom is 0.261 e. The van der Waals surface area contributed by atoms with E-state index in [9.17, 15) is 8.42 Å². The van der Waals surface area contributed by atoms with E-state index in [2.05, 4.69) is 35.5 Å². The van der Waals surface area contributed by atoms with Crippen molar-refractivity contribution in [3.05, 3.63) is 65.9 Å². The van der Waals surface area contributed by atoms with Gasteiger partial charge in [0.25, 0.3) is 10.0 Å². The van der Waals surface area contributed by atoms with E-state index in [-0.39, 0.29) is 4.90 Å². The summed E-state index contributed by atoms with van der Waals surface area (Å²) in [5.41, 5.74) is 3.49. The van der Waals surface area contributed by atoms with Gasteiger partial charge in [-0.05, 0) is 93.1 Å². The Balaban J connectivity index is 1.42. The van der Waals surface area contributed by atoms with E-state index in [4.69, 9.17) is 4.74 Å². The largest absolute Gasteiger partial charge is 0.377 e. The quantitative estimate of drug-likeness (QED) is 0.388. The average Bonchev–Trinajstić information content (AvgIpc) is 2.83. The standard InChI is InChI=1S/C28H37N3O3S/c1-21(2)19-23-12-15-27-26(9-4-16-29-27)28(23)30-35(32,33)25-13-10-22(11-14-25)7-6-18-34-24-8-5-17-31(3)20-24/h4,9-16,21,24,30H,5-8,17-20H2,1-3H3/t24-/m1/s1. The molecule has 0 radical (unpaired) electrons. The third-order valence-corrected chi connectivity index (χ3v) is 7.88. The number of benzene rings is 2. The molecular formula is C28H37N3O3S. The van der Waals surface area contributed by atoms with E-state index in [0.29, 0.717) is 17.7 Å². The highest BCUT2D eigenvalue weighted by Crippen LogP contribution is 2.30. The number of piperidine rings is 1. The van der Waals surface area contributed by atoms with Crippen LogP contribution in [0, 0.1) is 5.92 Å². The van der Waals surface area contributed by atoms with Gasteiger partial charge in [0.2, 0.25) is 0 Å². The number of likely N-dealkylation sites (tertiary alicyclic amines) is 1. The Hall–Kier alpha value is -2.48. The second kappa shape index (κ2) is 11.5. The zero-order valence-electron chi connectivity index (χ0n) is 21.0. The number of aryl methyl sites for hydroxylation is 1. The molecule has 0 unspecified atom stereocenters. The Morgan fingerprint density at radius 3 is 2.69 bits per heavy atom. The minimum atomic E-state index is -3.73. The van der Waals surface area contributed by atoms with E-state index < -0.39 is 10.0 Å². The van der Waals surface area contributed by atoms with Gasteiger partial charge < -0.3 is 9.64 Å². The number of hydrogen-bond donors (Lipinski definition) is 1. The molecule has 0 amide bonds. The molecular weight excluding hydrogens is 458 g/mol. The molecule has 4 rings (SSSR count). The summed E-state index contributed by atoms with van der Waals surface area (Å²) in [7, 11) is -1.59. The Morgan fingerprint density at radius 2 is 1.94 bits per heavy atom. The number of ether oxygens (including phenoxy) is 1. The molecule has 2 heterocycles. The summed E-state index contributed by atoms with van der Waals surface area (Å²) < 4.78 is 35.5. The molecule has 0 bridgehead atoms. The summed E-state index contributed by atoms with van der Waals surface area (Å²) in [6.45, 7) is 7.14. The molecule has 1 aliphatic heterocycles. The Morgan fingerprint density at radius 1 is 1.14 bits per heavy atom. The van der Waals surface area contributed by atoms with E-state index in [0.717, 1.165) is 67.4 Å². The van der Waals surface area contributed by atoms with Gasteiger partial charge in [0.05, 0.1) is 22.2 Å². The van der Waals surface area contributed by atoms with Crippen LogP contribution >= 0.6 is 0 Å². The summed E-state index contributed by atoms with van der Waals surface area (Å²) in [6.07, 6.45) is 6.95. The van der Waals surface area contributed by atoms with Crippen LogP contribution in [-0.2, 0) is 27.6 Å². The molecule has 6 nitrogen and oxygen atoms in total. The Kier molecular flexibility index (Phi) is 8.42. The third kappa shape index (κ3) is 6.81. The van der Waals surface area contributed by atoms with Crippen molar-refractivity contribution in [2.75, 3.05) is 31.5 Å². The zero-order valence-corrected chi connectivity index (χ0v) is 21.9. The summed E-state index contributed by atoms with van der Waals surface area (Å²) in [5.74, 6) is 0.398. The van der Waals surface area contributed by atoms with Crippen molar-refractivity contribution >= 4 is 26.6 Å². The molecule has 0 aliphatic carbocycles. The van der Waals surface area contributed by atoms with Gasteiger partial charge in [-0.3, -0.25) is 9.71 Å². The molecule has 2 aromatic carbocycles. The van der Waals surface area contributed by atoms with Gasteiger partial charge in [-0.2, -0.15) is 0 Å². The molecule has 1 fully saturated rings. The number of fused-ring (bicyclic) bond motifs is 1. The first-order chi connectivity index (χ1) is 16.8. The number of aromatic nitrogens is 1. The van der Waals surface area contributed by atoms with Gasteiger partial charge >= 0.3 is 0 Å². The van der Waals surface area contributed by atoms with E-state index in [1.54, 1.807) is 18.3 Å². The van der Waals surface area contributed by atoms with Crippen molar-refractivity contribution in [3.8, 4) is 0 Å². The molecule has 1 N–H and O–H groups in total. The predicted molar refractivity (Wildman–Crippen MR) is 142 cm³/mol. The number of nitrogens with one attached hydrogen (secondary N) is 1. The molecule has 0 saturated carbocycles. The van der Waals surface area contributed by atoms with E-state index >= 15 is 0 Å². The Bertz CT molecular complexity index is 1230. The second-order valence-corrected chi connectivity index (χ2v) is 11.7. The molecule has 1 saturated heterocycles. The number of nitrogens with zero attached hydrogens (tertiary/aromatic N) is 2. The molecule has 35 heavy (non-hydrogen) atoms. The number of rotatable bonds is 10. The van der Waals surface area contributed by atoms with Crippen molar-refractivity contribution in [2.45, 2.75) is 57.0 Å². The highest BCUT2D eigenvalue weighted by atomic mass is 32.2. The number of likely N-dealkylation sites (N-methyl/N-ethyl adjacent to an activating group) is 1. The number of pyridine rings is 1. The summed E-state index contributed by atoms with van der Waals surface area (Å²) in [4.78, 5) is 6.98. The first-order valence-corrected chi connectivity index (χ1v) is 14.1. The number of anilines is 1. The van der Waals surface area contributed by atoms with Gasteiger partial charge in [0, 0.05) is 24.7 Å². The van der Waals surface area contributed by atoms with Crippen molar-refractivity contribution < 1.29 is 13.2 Å². The van der Waals surface area contributed by atoms with E-state index in [1.165, 1.54) is 6.42 Å². The van der Waals surface area contributed by atoms with Crippen molar-refractivity contribution in [2.24, 2.45) is 5.92 Å². The molecule has 1 aromatic heterocycles. The van der Waals surface area contributed by atoms with Gasteiger partial charge in [-0.25, -0.2) is 8.42 Å². The minimum absolute atomic E-state index is 0.263. The second-order valence-electron chi connectivity index (χ2n) is 10.0. The number of sulfonamides is 1. The lowest BCUT2D eigenvalue weighted by atomic mass is 9.99. The maximum atomic E-state index is 13.3. The molecule has 1 aliphatic rings. The van der Waals surface area contributed by atoms with Crippen molar-refractivity contribution in [3.63, 3.8) is 0 Å². The molecule has 0 spiro atoms. The van der Waals surface area contributed by atoms with Crippen LogP contribution in [0.3, 0.4) is 0 Å². The Labute approximate surface area is 209 Å². The van der Waals surface area contributed by atoms with E-state index in [1.807, 2.05) is 36.4 Å². The van der Waals surface area contributed by atoms with Crippen LogP contribution in [0.25, 0.3) is 10.9 Å². The van der Waals surface area contributed by atoms with Crippen LogP contribution in [-0.4, -0.2) is 51.1 Å². The lowest BCUT2D eigenvalue weighted by Gasteiger charge is -2.29. The van der Waals surface area contributed by atoms with Crippen LogP contribution in [0.2, 0.25) is 0 Å². The fourth-order valence-electron chi connectivity index (χ4n) is 4.74. The lowest BCUT2D eigenvalue weighted by molar-refractivity contribution is 0.00563. The van der Waals surface area contributed by atoms with Gasteiger partial charge in [0.15, 0.2) is 0 Å². The maximum absolute atomic E-state index is 13.3. The third-order valence-electron chi connectivity index (χ3n) is 6.51. The van der Waals surface area contributed by atoms with Gasteiger partial charge in [0.1, 0.15) is 0 Å². The van der Waals surface area contributed by atoms with Crippen LogP contribution in [0.15, 0.2) is 59.6 Å². The van der Waals surface area contributed by atoms with Crippen LogP contribution in [0.1, 0.15) is 44.2 Å². The zero-order chi connectivity index (χ0) is 24.8. The highest BCUT2D eigenvalue weighted by Gasteiger charge is 2.19. The van der Waals surface area contributed by atoms with Crippen molar-refractivity contribution in [1.29, 1.82) is 0 Å². The van der Waals surface area contributed by atoms with Gasteiger partial charge in [-0.1, -0.05) is 32.0 Å².